The molecule has 3 heterocycles. The van der Waals surface area contributed by atoms with Crippen molar-refractivity contribution in [2.75, 3.05) is 0 Å². The van der Waals surface area contributed by atoms with Crippen LogP contribution in [0, 0.1) is 6.92 Å². The van der Waals surface area contributed by atoms with Crippen molar-refractivity contribution in [1.29, 1.82) is 0 Å². The Kier molecular flexibility index (Phi) is 2.26. The Morgan fingerprint density at radius 3 is 2.52 bits per heavy atom. The fourth-order valence-corrected chi connectivity index (χ4v) is 4.59. The Hall–Kier alpha value is -3.13. The highest BCUT2D eigenvalue weighted by Crippen LogP contribution is 2.40. The first kappa shape index (κ1) is 13.2. The molecule has 0 fully saturated rings. The van der Waals surface area contributed by atoms with E-state index in [4.69, 9.17) is 0 Å². The summed E-state index contributed by atoms with van der Waals surface area (Å²) in [6.45, 7) is 2.23. The Morgan fingerprint density at radius 1 is 0.760 bits per heavy atom. The molecular formula is C23H17N2+. The topological polar surface area (TPSA) is 8.29 Å². The standard InChI is InChI=1S/C23H17N2/c1-14-10-11-17-16-7-3-4-8-18(16)25-19-9-5-6-15-12-13-24(2)23(21(15)19)20(14)22(17)25/h3-13H,1-2H3/q+1. The van der Waals surface area contributed by atoms with Crippen LogP contribution < -0.4 is 4.57 Å². The van der Waals surface area contributed by atoms with E-state index in [1.165, 1.54) is 54.6 Å². The lowest BCUT2D eigenvalue weighted by Gasteiger charge is -2.12. The van der Waals surface area contributed by atoms with Gasteiger partial charge in [-0.3, -0.25) is 0 Å². The number of para-hydroxylation sites is 1. The maximum absolute atomic E-state index is 2.46. The monoisotopic (exact) mass is 321 g/mol. The van der Waals surface area contributed by atoms with Crippen molar-refractivity contribution in [1.82, 2.24) is 4.40 Å². The second kappa shape index (κ2) is 4.28. The zero-order valence-electron chi connectivity index (χ0n) is 14.2. The van der Waals surface area contributed by atoms with Crippen molar-refractivity contribution in [3.63, 3.8) is 0 Å². The minimum atomic E-state index is 1.29. The molecule has 0 saturated carbocycles. The molecule has 0 bridgehead atoms. The molecule has 0 aliphatic carbocycles. The molecule has 0 spiro atoms. The van der Waals surface area contributed by atoms with Crippen molar-refractivity contribution in [3.05, 3.63) is 72.4 Å². The van der Waals surface area contributed by atoms with Gasteiger partial charge in [0.2, 0.25) is 5.52 Å². The molecule has 6 rings (SSSR count). The van der Waals surface area contributed by atoms with Crippen LogP contribution in [-0.2, 0) is 7.05 Å². The quantitative estimate of drug-likeness (QED) is 0.208. The van der Waals surface area contributed by atoms with Crippen LogP contribution in [0.3, 0.4) is 0 Å². The summed E-state index contributed by atoms with van der Waals surface area (Å²) in [7, 11) is 2.15. The summed E-state index contributed by atoms with van der Waals surface area (Å²) in [4.78, 5) is 0. The molecule has 0 unspecified atom stereocenters. The molecule has 0 atom stereocenters. The van der Waals surface area contributed by atoms with E-state index in [9.17, 15) is 0 Å². The molecule has 0 aliphatic heterocycles. The molecule has 6 aromatic rings. The van der Waals surface area contributed by atoms with Crippen molar-refractivity contribution < 1.29 is 4.57 Å². The van der Waals surface area contributed by atoms with E-state index < -0.39 is 0 Å². The van der Waals surface area contributed by atoms with Gasteiger partial charge in [-0.15, -0.1) is 0 Å². The Balaban J connectivity index is 2.18. The largest absolute Gasteiger partial charge is 0.307 e. The van der Waals surface area contributed by atoms with Crippen LogP contribution >= 0.6 is 0 Å². The lowest BCUT2D eigenvalue weighted by Crippen LogP contribution is -2.28. The van der Waals surface area contributed by atoms with Gasteiger partial charge < -0.3 is 4.40 Å². The minimum Gasteiger partial charge on any atom is -0.307 e. The number of pyridine rings is 2. The zero-order chi connectivity index (χ0) is 16.7. The van der Waals surface area contributed by atoms with Crippen molar-refractivity contribution in [3.8, 4) is 0 Å². The second-order valence-electron chi connectivity index (χ2n) is 7.02. The number of benzene rings is 3. The van der Waals surface area contributed by atoms with Gasteiger partial charge in [0.1, 0.15) is 7.05 Å². The molecule has 0 radical (unpaired) electrons. The molecule has 0 amide bonds. The molecule has 2 heteroatoms. The zero-order valence-corrected chi connectivity index (χ0v) is 14.2. The van der Waals surface area contributed by atoms with Crippen molar-refractivity contribution >= 4 is 49.0 Å². The summed E-state index contributed by atoms with van der Waals surface area (Å²) in [5.74, 6) is 0. The number of rotatable bonds is 0. The molecule has 118 valence electrons. The van der Waals surface area contributed by atoms with Crippen molar-refractivity contribution in [2.24, 2.45) is 7.05 Å². The minimum absolute atomic E-state index is 1.29. The normalized spacial score (nSPS) is 12.4. The van der Waals surface area contributed by atoms with Crippen LogP contribution in [0.5, 0.6) is 0 Å². The first-order valence-electron chi connectivity index (χ1n) is 8.70. The molecule has 0 N–H and O–H groups in total. The Labute approximate surface area is 144 Å². The van der Waals surface area contributed by atoms with E-state index in [2.05, 4.69) is 89.8 Å². The predicted octanol–water partition coefficient (Wildman–Crippen LogP) is 5.12. The lowest BCUT2D eigenvalue weighted by atomic mass is 10.00. The van der Waals surface area contributed by atoms with Crippen LogP contribution in [0.15, 0.2) is 66.9 Å². The molecule has 25 heavy (non-hydrogen) atoms. The maximum Gasteiger partial charge on any atom is 0.224 e. The van der Waals surface area contributed by atoms with Gasteiger partial charge in [0.25, 0.3) is 0 Å². The Morgan fingerprint density at radius 2 is 1.60 bits per heavy atom. The van der Waals surface area contributed by atoms with Crippen LogP contribution in [0.2, 0.25) is 0 Å². The summed E-state index contributed by atoms with van der Waals surface area (Å²) >= 11 is 0. The smallest absolute Gasteiger partial charge is 0.224 e. The van der Waals surface area contributed by atoms with Gasteiger partial charge in [0, 0.05) is 16.8 Å². The summed E-state index contributed by atoms with van der Waals surface area (Å²) in [5, 5.41) is 6.66. The average molecular weight is 321 g/mol. The van der Waals surface area contributed by atoms with Gasteiger partial charge in [0.15, 0.2) is 6.20 Å². The summed E-state index contributed by atoms with van der Waals surface area (Å²) in [6.07, 6.45) is 2.18. The molecule has 0 saturated heterocycles. The molecule has 0 aliphatic rings. The number of fused-ring (bicyclic) bond motifs is 5. The highest BCUT2D eigenvalue weighted by atomic mass is 14.9. The van der Waals surface area contributed by atoms with E-state index in [0.29, 0.717) is 0 Å². The van der Waals surface area contributed by atoms with E-state index in [1.54, 1.807) is 0 Å². The number of aryl methyl sites for hydroxylation is 2. The number of aromatic nitrogens is 2. The molecule has 3 aromatic carbocycles. The van der Waals surface area contributed by atoms with E-state index in [-0.39, 0.29) is 0 Å². The molecule has 2 nitrogen and oxygen atoms in total. The first-order chi connectivity index (χ1) is 12.3. The second-order valence-corrected chi connectivity index (χ2v) is 7.02. The van der Waals surface area contributed by atoms with Gasteiger partial charge in [-0.05, 0) is 30.0 Å². The van der Waals surface area contributed by atoms with Gasteiger partial charge >= 0.3 is 0 Å². The van der Waals surface area contributed by atoms with Gasteiger partial charge in [-0.1, -0.05) is 42.5 Å². The molecule has 3 aromatic heterocycles. The third kappa shape index (κ3) is 1.44. The van der Waals surface area contributed by atoms with Gasteiger partial charge in [-0.2, -0.15) is 0 Å². The average Bonchev–Trinajstić information content (AvgIpc) is 2.97. The van der Waals surface area contributed by atoms with Crippen LogP contribution in [-0.4, -0.2) is 4.40 Å². The number of hydrogen-bond donors (Lipinski definition) is 0. The molecular weight excluding hydrogens is 304 g/mol. The van der Waals surface area contributed by atoms with E-state index in [0.717, 1.165) is 0 Å². The van der Waals surface area contributed by atoms with Crippen molar-refractivity contribution in [2.45, 2.75) is 6.92 Å². The number of hydrogen-bond acceptors (Lipinski definition) is 0. The van der Waals surface area contributed by atoms with Crippen LogP contribution in [0.1, 0.15) is 5.56 Å². The SMILES string of the molecule is Cc1ccc2c3ccccc3n3c4cccc5cc[n+](C)c(c1c23)c54. The van der Waals surface area contributed by atoms with Gasteiger partial charge in [0.05, 0.1) is 27.3 Å². The fourth-order valence-electron chi connectivity index (χ4n) is 4.59. The maximum atomic E-state index is 2.46. The first-order valence-corrected chi connectivity index (χ1v) is 8.70. The van der Waals surface area contributed by atoms with Gasteiger partial charge in [-0.25, -0.2) is 4.57 Å². The summed E-state index contributed by atoms with van der Waals surface area (Å²) in [5.41, 5.74) is 6.56. The highest BCUT2D eigenvalue weighted by Gasteiger charge is 2.22. The van der Waals surface area contributed by atoms with E-state index in [1.807, 2.05) is 0 Å². The summed E-state index contributed by atoms with van der Waals surface area (Å²) in [6, 6.07) is 22.1. The Bertz CT molecular complexity index is 1450. The highest BCUT2D eigenvalue weighted by molar-refractivity contribution is 6.25. The predicted molar refractivity (Wildman–Crippen MR) is 105 cm³/mol. The lowest BCUT2D eigenvalue weighted by molar-refractivity contribution is -0.643. The summed E-state index contributed by atoms with van der Waals surface area (Å²) < 4.78 is 4.73. The van der Waals surface area contributed by atoms with Crippen LogP contribution in [0.4, 0.5) is 0 Å². The van der Waals surface area contributed by atoms with E-state index >= 15 is 0 Å². The third-order valence-electron chi connectivity index (χ3n) is 5.66. The third-order valence-corrected chi connectivity index (χ3v) is 5.66. The number of nitrogens with zero attached hydrogens (tertiary/aromatic N) is 2. The fraction of sp³-hybridized carbons (Fsp3) is 0.0870. The van der Waals surface area contributed by atoms with Crippen LogP contribution in [0.25, 0.3) is 49.0 Å².